The van der Waals surface area contributed by atoms with Gasteiger partial charge in [-0.05, 0) is 37.0 Å². The Balaban J connectivity index is 1.46. The number of halogens is 1. The fourth-order valence-electron chi connectivity index (χ4n) is 3.73. The van der Waals surface area contributed by atoms with Gasteiger partial charge in [-0.25, -0.2) is 0 Å². The van der Waals surface area contributed by atoms with Crippen molar-refractivity contribution >= 4 is 17.6 Å². The van der Waals surface area contributed by atoms with Gasteiger partial charge in [-0.3, -0.25) is 9.89 Å². The van der Waals surface area contributed by atoms with Crippen LogP contribution in [0.5, 0.6) is 0 Å². The molecule has 3 rings (SSSR count). The molecule has 2 fully saturated rings. The van der Waals surface area contributed by atoms with Crippen LogP contribution >= 0.6 is 11.6 Å². The van der Waals surface area contributed by atoms with Crippen LogP contribution in [0.25, 0.3) is 0 Å². The summed E-state index contributed by atoms with van der Waals surface area (Å²) in [7, 11) is 1.83. The third-order valence-electron chi connectivity index (χ3n) is 4.97. The minimum Gasteiger partial charge on any atom is -0.352 e. The van der Waals surface area contributed by atoms with Crippen molar-refractivity contribution in [3.63, 3.8) is 0 Å². The maximum Gasteiger partial charge on any atom is 0.191 e. The van der Waals surface area contributed by atoms with E-state index in [0.717, 1.165) is 30.1 Å². The maximum absolute atomic E-state index is 6.03. The molecule has 0 amide bonds. The van der Waals surface area contributed by atoms with E-state index in [1.807, 2.05) is 25.2 Å². The number of hydrogen-bond donors (Lipinski definition) is 2. The second kappa shape index (κ2) is 8.02. The number of nitrogens with one attached hydrogen (secondary N) is 2. The first-order chi connectivity index (χ1) is 11.2. The lowest BCUT2D eigenvalue weighted by Crippen LogP contribution is -2.45. The number of benzene rings is 1. The summed E-state index contributed by atoms with van der Waals surface area (Å²) in [6, 6.07) is 9.26. The largest absolute Gasteiger partial charge is 0.352 e. The van der Waals surface area contributed by atoms with Crippen LogP contribution in [0.3, 0.4) is 0 Å². The highest BCUT2D eigenvalue weighted by Crippen LogP contribution is 2.26. The zero-order chi connectivity index (χ0) is 16.1. The molecule has 1 aliphatic heterocycles. The Labute approximate surface area is 144 Å². The lowest BCUT2D eigenvalue weighted by molar-refractivity contribution is 0.242. The van der Waals surface area contributed by atoms with Crippen molar-refractivity contribution in [2.75, 3.05) is 20.1 Å². The van der Waals surface area contributed by atoms with Crippen molar-refractivity contribution in [3.05, 3.63) is 34.9 Å². The minimum absolute atomic E-state index is 0.501. The molecule has 1 saturated carbocycles. The molecule has 5 heteroatoms. The van der Waals surface area contributed by atoms with Gasteiger partial charge in [-0.1, -0.05) is 36.6 Å². The zero-order valence-electron chi connectivity index (χ0n) is 13.9. The summed E-state index contributed by atoms with van der Waals surface area (Å²) in [6.07, 6.45) is 6.78. The molecule has 1 atom stereocenters. The summed E-state index contributed by atoms with van der Waals surface area (Å²) in [5, 5.41) is 7.73. The molecule has 1 saturated heterocycles. The van der Waals surface area contributed by atoms with E-state index in [2.05, 4.69) is 26.6 Å². The Hall–Kier alpha value is -1.26. The van der Waals surface area contributed by atoms with Gasteiger partial charge in [0.1, 0.15) is 0 Å². The van der Waals surface area contributed by atoms with E-state index in [-0.39, 0.29) is 0 Å². The van der Waals surface area contributed by atoms with Gasteiger partial charge in [0, 0.05) is 43.8 Å². The molecule has 23 heavy (non-hydrogen) atoms. The molecule has 1 heterocycles. The average molecular weight is 335 g/mol. The Morgan fingerprint density at radius 3 is 2.87 bits per heavy atom. The molecule has 0 spiro atoms. The molecule has 2 N–H and O–H groups in total. The predicted molar refractivity (Wildman–Crippen MR) is 97.0 cm³/mol. The van der Waals surface area contributed by atoms with E-state index in [9.17, 15) is 0 Å². The van der Waals surface area contributed by atoms with Gasteiger partial charge in [0.2, 0.25) is 0 Å². The SMILES string of the molecule is CN=C(NCc1cccc(Cl)c1)NC1CCN(C2CCCC2)C1. The topological polar surface area (TPSA) is 39.7 Å². The fourth-order valence-corrected chi connectivity index (χ4v) is 3.94. The van der Waals surface area contributed by atoms with Crippen molar-refractivity contribution in [1.29, 1.82) is 0 Å². The summed E-state index contributed by atoms with van der Waals surface area (Å²) in [4.78, 5) is 7.02. The van der Waals surface area contributed by atoms with Crippen molar-refractivity contribution in [2.45, 2.75) is 50.7 Å². The third kappa shape index (κ3) is 4.61. The van der Waals surface area contributed by atoms with Gasteiger partial charge in [-0.2, -0.15) is 0 Å². The van der Waals surface area contributed by atoms with Crippen LogP contribution in [0.1, 0.15) is 37.7 Å². The summed E-state index contributed by atoms with van der Waals surface area (Å²) in [5.41, 5.74) is 1.17. The van der Waals surface area contributed by atoms with Crippen molar-refractivity contribution in [2.24, 2.45) is 4.99 Å². The first-order valence-electron chi connectivity index (χ1n) is 8.70. The van der Waals surface area contributed by atoms with E-state index < -0.39 is 0 Å². The number of hydrogen-bond acceptors (Lipinski definition) is 2. The van der Waals surface area contributed by atoms with Crippen molar-refractivity contribution < 1.29 is 0 Å². The fraction of sp³-hybridized carbons (Fsp3) is 0.611. The van der Waals surface area contributed by atoms with Crippen LogP contribution in [0.15, 0.2) is 29.3 Å². The summed E-state index contributed by atoms with van der Waals surface area (Å²) >= 11 is 6.03. The molecular weight excluding hydrogens is 308 g/mol. The van der Waals surface area contributed by atoms with Crippen LogP contribution in [-0.2, 0) is 6.54 Å². The monoisotopic (exact) mass is 334 g/mol. The van der Waals surface area contributed by atoms with E-state index in [1.165, 1.54) is 44.2 Å². The Morgan fingerprint density at radius 2 is 2.13 bits per heavy atom. The quantitative estimate of drug-likeness (QED) is 0.657. The lowest BCUT2D eigenvalue weighted by Gasteiger charge is -2.24. The number of rotatable bonds is 4. The predicted octanol–water partition coefficient (Wildman–Crippen LogP) is 3.02. The summed E-state index contributed by atoms with van der Waals surface area (Å²) in [5.74, 6) is 0.878. The zero-order valence-corrected chi connectivity index (χ0v) is 14.6. The number of nitrogens with zero attached hydrogens (tertiary/aromatic N) is 2. The number of aliphatic imine (C=N–C) groups is 1. The van der Waals surface area contributed by atoms with E-state index in [0.29, 0.717) is 6.04 Å². The van der Waals surface area contributed by atoms with Gasteiger partial charge in [0.05, 0.1) is 0 Å². The van der Waals surface area contributed by atoms with Gasteiger partial charge in [0.15, 0.2) is 5.96 Å². The van der Waals surface area contributed by atoms with Crippen LogP contribution in [0.2, 0.25) is 5.02 Å². The summed E-state index contributed by atoms with van der Waals surface area (Å²) in [6.45, 7) is 3.09. The molecule has 0 aromatic heterocycles. The smallest absolute Gasteiger partial charge is 0.191 e. The van der Waals surface area contributed by atoms with Gasteiger partial charge < -0.3 is 10.6 Å². The van der Waals surface area contributed by atoms with Crippen molar-refractivity contribution in [1.82, 2.24) is 15.5 Å². The highest BCUT2D eigenvalue weighted by molar-refractivity contribution is 6.30. The van der Waals surface area contributed by atoms with Gasteiger partial charge in [-0.15, -0.1) is 0 Å². The molecule has 1 aromatic carbocycles. The highest BCUT2D eigenvalue weighted by Gasteiger charge is 2.30. The number of likely N-dealkylation sites (tertiary alicyclic amines) is 1. The van der Waals surface area contributed by atoms with Crippen LogP contribution in [0, 0.1) is 0 Å². The Morgan fingerprint density at radius 1 is 1.30 bits per heavy atom. The second-order valence-corrected chi connectivity index (χ2v) is 7.06. The Bertz CT molecular complexity index is 540. The molecule has 126 valence electrons. The molecule has 4 nitrogen and oxygen atoms in total. The van der Waals surface area contributed by atoms with Crippen LogP contribution in [0.4, 0.5) is 0 Å². The molecule has 1 aromatic rings. The van der Waals surface area contributed by atoms with E-state index in [4.69, 9.17) is 11.6 Å². The second-order valence-electron chi connectivity index (χ2n) is 6.62. The molecule has 2 aliphatic rings. The van der Waals surface area contributed by atoms with E-state index in [1.54, 1.807) is 0 Å². The van der Waals surface area contributed by atoms with Gasteiger partial charge in [0.25, 0.3) is 0 Å². The molecular formula is C18H27ClN4. The van der Waals surface area contributed by atoms with Crippen molar-refractivity contribution in [3.8, 4) is 0 Å². The Kier molecular flexibility index (Phi) is 5.79. The number of guanidine groups is 1. The first kappa shape index (κ1) is 16.6. The van der Waals surface area contributed by atoms with E-state index >= 15 is 0 Å². The highest BCUT2D eigenvalue weighted by atomic mass is 35.5. The van der Waals surface area contributed by atoms with Crippen LogP contribution < -0.4 is 10.6 Å². The summed E-state index contributed by atoms with van der Waals surface area (Å²) < 4.78 is 0. The molecule has 1 unspecified atom stereocenters. The maximum atomic E-state index is 6.03. The third-order valence-corrected chi connectivity index (χ3v) is 5.21. The lowest BCUT2D eigenvalue weighted by atomic mass is 10.2. The molecule has 1 aliphatic carbocycles. The molecule has 0 bridgehead atoms. The standard InChI is InChI=1S/C18H27ClN4/c1-20-18(21-12-14-5-4-6-15(19)11-14)22-16-9-10-23(13-16)17-7-2-3-8-17/h4-6,11,16-17H,2-3,7-10,12-13H2,1H3,(H2,20,21,22). The normalized spacial score (nSPS) is 23.4. The van der Waals surface area contributed by atoms with Gasteiger partial charge >= 0.3 is 0 Å². The first-order valence-corrected chi connectivity index (χ1v) is 9.08. The minimum atomic E-state index is 0.501. The average Bonchev–Trinajstić information content (AvgIpc) is 3.22. The van der Waals surface area contributed by atoms with Crippen LogP contribution in [-0.4, -0.2) is 43.1 Å². The molecule has 0 radical (unpaired) electrons.